The van der Waals surface area contributed by atoms with Crippen molar-refractivity contribution in [1.82, 2.24) is 4.98 Å². The van der Waals surface area contributed by atoms with Gasteiger partial charge in [0.2, 0.25) is 5.88 Å². The first-order chi connectivity index (χ1) is 10.1. The number of nitrogens with two attached hydrogens (primary N) is 1. The number of ether oxygens (including phenoxy) is 2. The van der Waals surface area contributed by atoms with Gasteiger partial charge in [0, 0.05) is 18.3 Å². The molecule has 0 aliphatic heterocycles. The molecule has 0 aliphatic rings. The second kappa shape index (κ2) is 7.09. The molecule has 4 nitrogen and oxygen atoms in total. The Hall–Kier alpha value is -2.07. The highest BCUT2D eigenvalue weighted by atomic mass is 16.5. The van der Waals surface area contributed by atoms with E-state index in [4.69, 9.17) is 15.2 Å². The number of nitrogens with zero attached hydrogens (tertiary/aromatic N) is 1. The summed E-state index contributed by atoms with van der Waals surface area (Å²) in [6.45, 7) is 5.15. The highest BCUT2D eigenvalue weighted by Crippen LogP contribution is 2.20. The first-order valence-corrected chi connectivity index (χ1v) is 7.09. The van der Waals surface area contributed by atoms with Crippen LogP contribution in [0, 0.1) is 0 Å². The van der Waals surface area contributed by atoms with Gasteiger partial charge in [-0.25, -0.2) is 4.98 Å². The molecule has 2 N–H and O–H groups in total. The van der Waals surface area contributed by atoms with Gasteiger partial charge in [0.15, 0.2) is 0 Å². The van der Waals surface area contributed by atoms with Gasteiger partial charge >= 0.3 is 0 Å². The van der Waals surface area contributed by atoms with Gasteiger partial charge in [-0.15, -0.1) is 0 Å². The Morgan fingerprint density at radius 3 is 2.62 bits per heavy atom. The van der Waals surface area contributed by atoms with Gasteiger partial charge < -0.3 is 15.2 Å². The molecule has 0 aliphatic carbocycles. The molecule has 112 valence electrons. The Kier molecular flexibility index (Phi) is 5.17. The molecule has 0 amide bonds. The van der Waals surface area contributed by atoms with Crippen molar-refractivity contribution in [3.63, 3.8) is 0 Å². The molecule has 2 aromatic rings. The Morgan fingerprint density at radius 1 is 1.14 bits per heavy atom. The summed E-state index contributed by atoms with van der Waals surface area (Å²) in [7, 11) is 1.65. The normalized spacial score (nSPS) is 10.7. The fourth-order valence-corrected chi connectivity index (χ4v) is 1.99. The van der Waals surface area contributed by atoms with Crippen molar-refractivity contribution in [2.45, 2.75) is 32.9 Å². The second-order valence-corrected chi connectivity index (χ2v) is 5.24. The average molecular weight is 286 g/mol. The highest BCUT2D eigenvalue weighted by molar-refractivity contribution is 5.29. The monoisotopic (exact) mass is 286 g/mol. The standard InChI is InChI=1S/C17H22N2O2/c1-12(2)16-8-14(10-18)9-17(19-16)21-11-13-5-4-6-15(7-13)20-3/h4-9,12H,10-11,18H2,1-3H3. The molecule has 1 aromatic heterocycles. The van der Waals surface area contributed by atoms with Crippen LogP contribution in [0.4, 0.5) is 0 Å². The first-order valence-electron chi connectivity index (χ1n) is 7.09. The van der Waals surface area contributed by atoms with Gasteiger partial charge in [-0.05, 0) is 35.2 Å². The molecular formula is C17H22N2O2. The van der Waals surface area contributed by atoms with Crippen LogP contribution in [0.3, 0.4) is 0 Å². The van der Waals surface area contributed by atoms with Crippen LogP contribution < -0.4 is 15.2 Å². The summed E-state index contributed by atoms with van der Waals surface area (Å²) in [6, 6.07) is 11.7. The van der Waals surface area contributed by atoms with E-state index >= 15 is 0 Å². The minimum absolute atomic E-state index is 0.343. The largest absolute Gasteiger partial charge is 0.497 e. The van der Waals surface area contributed by atoms with Gasteiger partial charge in [0.25, 0.3) is 0 Å². The van der Waals surface area contributed by atoms with Crippen LogP contribution in [0.25, 0.3) is 0 Å². The van der Waals surface area contributed by atoms with E-state index in [9.17, 15) is 0 Å². The molecule has 0 unspecified atom stereocenters. The molecule has 1 aromatic carbocycles. The fourth-order valence-electron chi connectivity index (χ4n) is 1.99. The van der Waals surface area contributed by atoms with Crippen molar-refractivity contribution in [3.8, 4) is 11.6 Å². The van der Waals surface area contributed by atoms with Crippen molar-refractivity contribution in [2.75, 3.05) is 7.11 Å². The summed E-state index contributed by atoms with van der Waals surface area (Å²) in [5.41, 5.74) is 8.81. The number of hydrogen-bond donors (Lipinski definition) is 1. The molecule has 4 heteroatoms. The molecule has 0 fully saturated rings. The van der Waals surface area contributed by atoms with E-state index in [2.05, 4.69) is 18.8 Å². The van der Waals surface area contributed by atoms with Crippen LogP contribution in [0.1, 0.15) is 36.6 Å². The average Bonchev–Trinajstić information content (AvgIpc) is 2.52. The minimum Gasteiger partial charge on any atom is -0.497 e. The van der Waals surface area contributed by atoms with Crippen molar-refractivity contribution >= 4 is 0 Å². The zero-order valence-electron chi connectivity index (χ0n) is 12.8. The highest BCUT2D eigenvalue weighted by Gasteiger charge is 2.07. The summed E-state index contributed by atoms with van der Waals surface area (Å²) in [5.74, 6) is 1.78. The van der Waals surface area contributed by atoms with Gasteiger partial charge in [0.05, 0.1) is 7.11 Å². The predicted molar refractivity (Wildman–Crippen MR) is 83.5 cm³/mol. The Bertz CT molecular complexity index is 597. The Morgan fingerprint density at radius 2 is 1.95 bits per heavy atom. The van der Waals surface area contributed by atoms with Gasteiger partial charge in [-0.2, -0.15) is 0 Å². The van der Waals surface area contributed by atoms with E-state index < -0.39 is 0 Å². The number of rotatable bonds is 6. The lowest BCUT2D eigenvalue weighted by molar-refractivity contribution is 0.291. The smallest absolute Gasteiger partial charge is 0.214 e. The topological polar surface area (TPSA) is 57.4 Å². The maximum Gasteiger partial charge on any atom is 0.214 e. The van der Waals surface area contributed by atoms with E-state index in [0.29, 0.717) is 24.9 Å². The number of methoxy groups -OCH3 is 1. The third-order valence-electron chi connectivity index (χ3n) is 3.23. The zero-order valence-corrected chi connectivity index (χ0v) is 12.8. The molecule has 0 bridgehead atoms. The van der Waals surface area contributed by atoms with Gasteiger partial charge in [-0.1, -0.05) is 26.0 Å². The molecule has 0 spiro atoms. The lowest BCUT2D eigenvalue weighted by atomic mass is 10.1. The maximum absolute atomic E-state index is 5.80. The third-order valence-corrected chi connectivity index (χ3v) is 3.23. The number of pyridine rings is 1. The van der Waals surface area contributed by atoms with E-state index in [-0.39, 0.29) is 0 Å². The summed E-state index contributed by atoms with van der Waals surface area (Å²) >= 11 is 0. The van der Waals surface area contributed by atoms with Crippen LogP contribution >= 0.6 is 0 Å². The predicted octanol–water partition coefficient (Wildman–Crippen LogP) is 3.25. The van der Waals surface area contributed by atoms with Crippen molar-refractivity contribution < 1.29 is 9.47 Å². The lowest BCUT2D eigenvalue weighted by Crippen LogP contribution is -2.04. The number of aromatic nitrogens is 1. The third kappa shape index (κ3) is 4.20. The van der Waals surface area contributed by atoms with Crippen molar-refractivity contribution in [3.05, 3.63) is 53.2 Å². The summed E-state index contributed by atoms with van der Waals surface area (Å²) in [4.78, 5) is 4.53. The molecular weight excluding hydrogens is 264 g/mol. The molecule has 1 heterocycles. The SMILES string of the molecule is COc1cccc(COc2cc(CN)cc(C(C)C)n2)c1. The minimum atomic E-state index is 0.343. The number of hydrogen-bond acceptors (Lipinski definition) is 4. The number of benzene rings is 1. The quantitative estimate of drug-likeness (QED) is 0.885. The van der Waals surface area contributed by atoms with Crippen molar-refractivity contribution in [2.24, 2.45) is 5.73 Å². The van der Waals surface area contributed by atoms with E-state index in [1.165, 1.54) is 0 Å². The zero-order chi connectivity index (χ0) is 15.2. The summed E-state index contributed by atoms with van der Waals surface area (Å²) < 4.78 is 11.0. The lowest BCUT2D eigenvalue weighted by Gasteiger charge is -2.12. The van der Waals surface area contributed by atoms with Gasteiger partial charge in [-0.3, -0.25) is 0 Å². The van der Waals surface area contributed by atoms with Crippen LogP contribution in [0.15, 0.2) is 36.4 Å². The van der Waals surface area contributed by atoms with Crippen LogP contribution in [-0.4, -0.2) is 12.1 Å². The Labute approximate surface area is 125 Å². The van der Waals surface area contributed by atoms with Crippen molar-refractivity contribution in [1.29, 1.82) is 0 Å². The maximum atomic E-state index is 5.80. The molecule has 0 saturated carbocycles. The first kappa shape index (κ1) is 15.3. The molecule has 2 rings (SSSR count). The Balaban J connectivity index is 2.13. The van der Waals surface area contributed by atoms with Crippen LogP contribution in [0.2, 0.25) is 0 Å². The van der Waals surface area contributed by atoms with Crippen LogP contribution in [-0.2, 0) is 13.2 Å². The van der Waals surface area contributed by atoms with E-state index in [0.717, 1.165) is 22.6 Å². The van der Waals surface area contributed by atoms with Gasteiger partial charge in [0.1, 0.15) is 12.4 Å². The van der Waals surface area contributed by atoms with E-state index in [1.54, 1.807) is 7.11 Å². The fraction of sp³-hybridized carbons (Fsp3) is 0.353. The molecule has 21 heavy (non-hydrogen) atoms. The van der Waals surface area contributed by atoms with Crippen LogP contribution in [0.5, 0.6) is 11.6 Å². The summed E-state index contributed by atoms with van der Waals surface area (Å²) in [5, 5.41) is 0. The molecule has 0 radical (unpaired) electrons. The molecule has 0 saturated heterocycles. The summed E-state index contributed by atoms with van der Waals surface area (Å²) in [6.07, 6.45) is 0. The van der Waals surface area contributed by atoms with E-state index in [1.807, 2.05) is 36.4 Å². The molecule has 0 atom stereocenters. The second-order valence-electron chi connectivity index (χ2n) is 5.24.